The molecule has 0 aliphatic carbocycles. The van der Waals surface area contributed by atoms with E-state index in [9.17, 15) is 16.8 Å². The van der Waals surface area contributed by atoms with E-state index in [4.69, 9.17) is 11.6 Å². The zero-order chi connectivity index (χ0) is 15.7. The molecule has 0 radical (unpaired) electrons. The van der Waals surface area contributed by atoms with Gasteiger partial charge in [0.1, 0.15) is 15.0 Å². The van der Waals surface area contributed by atoms with Gasteiger partial charge < -0.3 is 0 Å². The molecule has 2 rings (SSSR count). The normalized spacial score (nSPS) is 12.7. The summed E-state index contributed by atoms with van der Waals surface area (Å²) in [6.45, 7) is -0.169. The minimum absolute atomic E-state index is 0.0487. The van der Waals surface area contributed by atoms with E-state index in [1.54, 1.807) is 18.2 Å². The molecule has 0 fully saturated rings. The van der Waals surface area contributed by atoms with Crippen molar-refractivity contribution in [1.82, 2.24) is 9.71 Å². The van der Waals surface area contributed by atoms with Crippen LogP contribution in [-0.4, -0.2) is 40.4 Å². The van der Waals surface area contributed by atoms with Crippen LogP contribution in [0.2, 0.25) is 5.15 Å². The minimum atomic E-state index is -3.76. The number of sulfonamides is 1. The fraction of sp³-hybridized carbons (Fsp3) is 0.250. The molecule has 1 N–H and O–H groups in total. The quantitative estimate of drug-likeness (QED) is 0.820. The third-order valence-corrected chi connectivity index (χ3v) is 5.32. The van der Waals surface area contributed by atoms with Crippen molar-refractivity contribution in [2.75, 3.05) is 18.6 Å². The van der Waals surface area contributed by atoms with Crippen LogP contribution in [0.4, 0.5) is 0 Å². The van der Waals surface area contributed by atoms with Crippen LogP contribution in [-0.2, 0) is 19.9 Å². The van der Waals surface area contributed by atoms with Gasteiger partial charge in [-0.05, 0) is 30.3 Å². The van der Waals surface area contributed by atoms with E-state index in [1.807, 2.05) is 0 Å². The van der Waals surface area contributed by atoms with Gasteiger partial charge in [0, 0.05) is 18.2 Å². The van der Waals surface area contributed by atoms with Crippen LogP contribution in [0.1, 0.15) is 0 Å². The average molecular weight is 349 g/mol. The van der Waals surface area contributed by atoms with Gasteiger partial charge in [0.05, 0.1) is 16.2 Å². The molecule has 0 bridgehead atoms. The molecule has 1 heterocycles. The lowest BCUT2D eigenvalue weighted by Crippen LogP contribution is -2.28. The fourth-order valence-corrected chi connectivity index (χ4v) is 3.51. The van der Waals surface area contributed by atoms with Crippen LogP contribution in [0, 0.1) is 0 Å². The Morgan fingerprint density at radius 1 is 1.14 bits per heavy atom. The number of hydrogen-bond acceptors (Lipinski definition) is 5. The summed E-state index contributed by atoms with van der Waals surface area (Å²) in [5.41, 5.74) is 0.581. The maximum atomic E-state index is 12.1. The van der Waals surface area contributed by atoms with Crippen LogP contribution in [0.5, 0.6) is 0 Å². The Bertz CT molecular complexity index is 879. The predicted octanol–water partition coefficient (Wildman–Crippen LogP) is 1.21. The first kappa shape index (κ1) is 16.2. The molecule has 0 aliphatic heterocycles. The van der Waals surface area contributed by atoms with E-state index in [2.05, 4.69) is 9.71 Å². The Hall–Kier alpha value is -1.22. The molecule has 9 heteroatoms. The Labute approximate surface area is 128 Å². The third-order valence-electron chi connectivity index (χ3n) is 2.70. The highest BCUT2D eigenvalue weighted by molar-refractivity contribution is 7.91. The van der Waals surface area contributed by atoms with Crippen molar-refractivity contribution in [2.45, 2.75) is 4.90 Å². The van der Waals surface area contributed by atoms with Crippen LogP contribution >= 0.6 is 11.6 Å². The van der Waals surface area contributed by atoms with Gasteiger partial charge in [0.25, 0.3) is 0 Å². The van der Waals surface area contributed by atoms with E-state index in [1.165, 1.54) is 12.1 Å². The van der Waals surface area contributed by atoms with Crippen molar-refractivity contribution in [2.24, 2.45) is 0 Å². The molecule has 1 aromatic heterocycles. The number of halogens is 1. The summed E-state index contributed by atoms with van der Waals surface area (Å²) in [7, 11) is -6.98. The second-order valence-corrected chi connectivity index (χ2v) is 8.93. The highest BCUT2D eigenvalue weighted by atomic mass is 35.5. The van der Waals surface area contributed by atoms with E-state index in [-0.39, 0.29) is 17.2 Å². The number of hydrogen-bond donors (Lipinski definition) is 1. The molecule has 0 saturated heterocycles. The number of benzene rings is 1. The molecule has 2 aromatic rings. The average Bonchev–Trinajstić information content (AvgIpc) is 2.36. The summed E-state index contributed by atoms with van der Waals surface area (Å²) in [6.07, 6.45) is 1.05. The van der Waals surface area contributed by atoms with Crippen LogP contribution in [0.25, 0.3) is 10.9 Å². The number of fused-ring (bicyclic) bond motifs is 1. The van der Waals surface area contributed by atoms with Gasteiger partial charge >= 0.3 is 0 Å². The lowest BCUT2D eigenvalue weighted by molar-refractivity contribution is 0.582. The molecule has 6 nitrogen and oxygen atoms in total. The van der Waals surface area contributed by atoms with Gasteiger partial charge in [-0.15, -0.1) is 0 Å². The fourth-order valence-electron chi connectivity index (χ4n) is 1.69. The first-order chi connectivity index (χ1) is 9.67. The second kappa shape index (κ2) is 5.88. The first-order valence-corrected chi connectivity index (χ1v) is 9.83. The van der Waals surface area contributed by atoms with Crippen molar-refractivity contribution >= 4 is 42.4 Å². The lowest BCUT2D eigenvalue weighted by atomic mass is 10.2. The zero-order valence-corrected chi connectivity index (χ0v) is 13.5. The van der Waals surface area contributed by atoms with Crippen molar-refractivity contribution < 1.29 is 16.8 Å². The maximum Gasteiger partial charge on any atom is 0.240 e. The topological polar surface area (TPSA) is 93.2 Å². The van der Waals surface area contributed by atoms with Gasteiger partial charge in [-0.2, -0.15) is 0 Å². The Balaban J connectivity index is 2.26. The predicted molar refractivity (Wildman–Crippen MR) is 81.7 cm³/mol. The largest absolute Gasteiger partial charge is 0.240 e. The van der Waals surface area contributed by atoms with Gasteiger partial charge in [-0.3, -0.25) is 0 Å². The maximum absolute atomic E-state index is 12.1. The van der Waals surface area contributed by atoms with Crippen molar-refractivity contribution in [3.8, 4) is 0 Å². The van der Waals surface area contributed by atoms with Gasteiger partial charge in [-0.25, -0.2) is 26.5 Å². The van der Waals surface area contributed by atoms with Gasteiger partial charge in [0.15, 0.2) is 0 Å². The lowest BCUT2D eigenvalue weighted by Gasteiger charge is -2.07. The van der Waals surface area contributed by atoms with Crippen LogP contribution < -0.4 is 4.72 Å². The molecule has 0 aliphatic rings. The van der Waals surface area contributed by atoms with E-state index in [0.717, 1.165) is 6.26 Å². The van der Waals surface area contributed by atoms with Crippen molar-refractivity contribution in [1.29, 1.82) is 0 Å². The monoisotopic (exact) mass is 348 g/mol. The van der Waals surface area contributed by atoms with E-state index in [0.29, 0.717) is 16.1 Å². The summed E-state index contributed by atoms with van der Waals surface area (Å²) in [5.74, 6) is -0.253. The molecule has 0 amide bonds. The first-order valence-electron chi connectivity index (χ1n) is 5.91. The molecule has 0 saturated carbocycles. The SMILES string of the molecule is CS(=O)(=O)CCNS(=O)(=O)c1ccc2nc(Cl)ccc2c1. The molecular weight excluding hydrogens is 336 g/mol. The van der Waals surface area contributed by atoms with E-state index >= 15 is 0 Å². The summed E-state index contributed by atoms with van der Waals surface area (Å²) >= 11 is 5.76. The summed E-state index contributed by atoms with van der Waals surface area (Å²) in [6, 6.07) is 7.64. The summed E-state index contributed by atoms with van der Waals surface area (Å²) < 4.78 is 48.4. The number of rotatable bonds is 5. The van der Waals surface area contributed by atoms with E-state index < -0.39 is 19.9 Å². The molecule has 0 atom stereocenters. The third kappa shape index (κ3) is 4.37. The molecular formula is C12H13ClN2O4S2. The Morgan fingerprint density at radius 3 is 2.52 bits per heavy atom. The smallest absolute Gasteiger partial charge is 0.236 e. The van der Waals surface area contributed by atoms with Crippen LogP contribution in [0.15, 0.2) is 35.2 Å². The summed E-state index contributed by atoms with van der Waals surface area (Å²) in [4.78, 5) is 4.11. The Morgan fingerprint density at radius 2 is 1.86 bits per heavy atom. The zero-order valence-electron chi connectivity index (χ0n) is 11.1. The van der Waals surface area contributed by atoms with Gasteiger partial charge in [-0.1, -0.05) is 11.6 Å². The van der Waals surface area contributed by atoms with Crippen molar-refractivity contribution in [3.63, 3.8) is 0 Å². The summed E-state index contributed by atoms with van der Waals surface area (Å²) in [5, 5.41) is 0.953. The molecule has 1 aromatic carbocycles. The minimum Gasteiger partial charge on any atom is -0.236 e. The van der Waals surface area contributed by atoms with Crippen molar-refractivity contribution in [3.05, 3.63) is 35.5 Å². The highest BCUT2D eigenvalue weighted by Crippen LogP contribution is 2.19. The molecule has 0 spiro atoms. The number of nitrogens with one attached hydrogen (secondary N) is 1. The standard InChI is InChI=1S/C12H13ClN2O4S2/c1-20(16,17)7-6-14-21(18,19)10-3-4-11-9(8-10)2-5-12(13)15-11/h2-5,8,14H,6-7H2,1H3. The molecule has 21 heavy (non-hydrogen) atoms. The number of pyridine rings is 1. The number of nitrogens with zero attached hydrogens (tertiary/aromatic N) is 1. The second-order valence-electron chi connectivity index (χ2n) is 4.52. The van der Waals surface area contributed by atoms with Crippen LogP contribution in [0.3, 0.4) is 0 Å². The van der Waals surface area contributed by atoms with Gasteiger partial charge in [0.2, 0.25) is 10.0 Å². The number of aromatic nitrogens is 1. The Kier molecular flexibility index (Phi) is 4.52. The highest BCUT2D eigenvalue weighted by Gasteiger charge is 2.15. The molecule has 114 valence electrons. The molecule has 0 unspecified atom stereocenters. The number of sulfone groups is 1.